The summed E-state index contributed by atoms with van der Waals surface area (Å²) in [5, 5.41) is 4.61. The minimum absolute atomic E-state index is 0.0101. The van der Waals surface area contributed by atoms with Crippen LogP contribution < -0.4 is 10.1 Å². The Bertz CT molecular complexity index is 1120. The molecule has 1 fully saturated rings. The van der Waals surface area contributed by atoms with Gasteiger partial charge in [-0.3, -0.25) is 9.59 Å². The first-order chi connectivity index (χ1) is 15.5. The topological polar surface area (TPSA) is 74.4 Å². The predicted octanol–water partition coefficient (Wildman–Crippen LogP) is 4.63. The first-order valence-electron chi connectivity index (χ1n) is 10.9. The summed E-state index contributed by atoms with van der Waals surface area (Å²) in [6, 6.07) is 15.1. The van der Waals surface area contributed by atoms with Crippen molar-refractivity contribution < 1.29 is 14.3 Å². The molecule has 2 heterocycles. The number of ether oxygens (including phenoxy) is 1. The van der Waals surface area contributed by atoms with E-state index in [0.717, 1.165) is 35.1 Å². The summed E-state index contributed by atoms with van der Waals surface area (Å²) in [7, 11) is 1.63. The standard InChI is InChI=1S/C25H28ClN3O3/c1-16(24(30)27-15-18-5-3-4-6-23(18)32-2)17-9-11-29(12-10-17)25(31)22-14-19-13-20(26)7-8-21(19)28-22/h3-8,13-14,16-17,28H,9-12,15H2,1-2H3,(H,27,30)/t16-/m0/s1. The van der Waals surface area contributed by atoms with Gasteiger partial charge in [-0.1, -0.05) is 36.7 Å². The maximum Gasteiger partial charge on any atom is 0.270 e. The summed E-state index contributed by atoms with van der Waals surface area (Å²) in [5.41, 5.74) is 2.42. The highest BCUT2D eigenvalue weighted by atomic mass is 35.5. The number of rotatable bonds is 6. The van der Waals surface area contributed by atoms with Gasteiger partial charge in [-0.25, -0.2) is 0 Å². The van der Waals surface area contributed by atoms with Gasteiger partial charge in [0.05, 0.1) is 7.11 Å². The van der Waals surface area contributed by atoms with Gasteiger partial charge in [-0.2, -0.15) is 0 Å². The zero-order valence-corrected chi connectivity index (χ0v) is 19.1. The van der Waals surface area contributed by atoms with E-state index < -0.39 is 0 Å². The van der Waals surface area contributed by atoms with E-state index in [1.54, 1.807) is 13.2 Å². The van der Waals surface area contributed by atoms with Gasteiger partial charge in [-0.05, 0) is 49.1 Å². The van der Waals surface area contributed by atoms with Gasteiger partial charge in [0, 0.05) is 47.0 Å². The number of H-pyrrole nitrogens is 1. The summed E-state index contributed by atoms with van der Waals surface area (Å²) in [4.78, 5) is 30.7. The van der Waals surface area contributed by atoms with Crippen LogP contribution in [0, 0.1) is 11.8 Å². The Labute approximate surface area is 192 Å². The number of methoxy groups -OCH3 is 1. The van der Waals surface area contributed by atoms with Gasteiger partial charge < -0.3 is 19.9 Å². The van der Waals surface area contributed by atoms with Crippen molar-refractivity contribution in [2.45, 2.75) is 26.3 Å². The second kappa shape index (κ2) is 9.65. The van der Waals surface area contributed by atoms with E-state index in [1.807, 2.05) is 54.3 Å². The fraction of sp³-hybridized carbons (Fsp3) is 0.360. The van der Waals surface area contributed by atoms with Crippen LogP contribution in [0.3, 0.4) is 0 Å². The summed E-state index contributed by atoms with van der Waals surface area (Å²) < 4.78 is 5.35. The Morgan fingerprint density at radius 3 is 2.69 bits per heavy atom. The lowest BCUT2D eigenvalue weighted by atomic mass is 9.84. The van der Waals surface area contributed by atoms with Crippen molar-refractivity contribution >= 4 is 34.3 Å². The number of carbonyl (C=O) groups excluding carboxylic acids is 2. The molecule has 32 heavy (non-hydrogen) atoms. The van der Waals surface area contributed by atoms with Gasteiger partial charge in [0.2, 0.25) is 5.91 Å². The van der Waals surface area contributed by atoms with Crippen molar-refractivity contribution in [2.75, 3.05) is 20.2 Å². The molecule has 1 saturated heterocycles. The lowest BCUT2D eigenvalue weighted by Gasteiger charge is -2.34. The van der Waals surface area contributed by atoms with Crippen molar-refractivity contribution in [3.8, 4) is 5.75 Å². The molecule has 2 aromatic carbocycles. The number of hydrogen-bond acceptors (Lipinski definition) is 3. The maximum atomic E-state index is 13.0. The highest BCUT2D eigenvalue weighted by Crippen LogP contribution is 2.27. The van der Waals surface area contributed by atoms with E-state index in [-0.39, 0.29) is 23.7 Å². The number of aromatic amines is 1. The summed E-state index contributed by atoms with van der Waals surface area (Å²) >= 11 is 6.05. The van der Waals surface area contributed by atoms with Crippen LogP contribution >= 0.6 is 11.6 Å². The second-order valence-corrected chi connectivity index (χ2v) is 8.80. The van der Waals surface area contributed by atoms with Crippen LogP contribution in [0.1, 0.15) is 35.8 Å². The molecule has 3 aromatic rings. The van der Waals surface area contributed by atoms with E-state index in [1.165, 1.54) is 0 Å². The van der Waals surface area contributed by atoms with Crippen molar-refractivity contribution in [2.24, 2.45) is 11.8 Å². The molecule has 2 N–H and O–H groups in total. The number of piperidine rings is 1. The Morgan fingerprint density at radius 2 is 1.94 bits per heavy atom. The Morgan fingerprint density at radius 1 is 1.19 bits per heavy atom. The molecule has 7 heteroatoms. The van der Waals surface area contributed by atoms with E-state index in [0.29, 0.717) is 30.4 Å². The number of halogens is 1. The lowest BCUT2D eigenvalue weighted by Crippen LogP contribution is -2.42. The van der Waals surface area contributed by atoms with Crippen LogP contribution in [0.5, 0.6) is 5.75 Å². The number of nitrogens with zero attached hydrogens (tertiary/aromatic N) is 1. The SMILES string of the molecule is COc1ccccc1CNC(=O)[C@@H](C)C1CCN(C(=O)c2cc3cc(Cl)ccc3[nH]2)CC1. The third-order valence-corrected chi connectivity index (χ3v) is 6.64. The lowest BCUT2D eigenvalue weighted by molar-refractivity contribution is -0.126. The van der Waals surface area contributed by atoms with Crippen LogP contribution in [0.15, 0.2) is 48.5 Å². The number of para-hydroxylation sites is 1. The molecular formula is C25H28ClN3O3. The smallest absolute Gasteiger partial charge is 0.270 e. The molecular weight excluding hydrogens is 426 g/mol. The molecule has 1 aromatic heterocycles. The van der Waals surface area contributed by atoms with E-state index >= 15 is 0 Å². The number of amides is 2. The normalized spacial score (nSPS) is 15.5. The molecule has 1 aliphatic rings. The van der Waals surface area contributed by atoms with Crippen molar-refractivity contribution in [3.05, 3.63) is 64.8 Å². The predicted molar refractivity (Wildman–Crippen MR) is 126 cm³/mol. The average Bonchev–Trinajstić information content (AvgIpc) is 3.25. The van der Waals surface area contributed by atoms with Gasteiger partial charge >= 0.3 is 0 Å². The van der Waals surface area contributed by atoms with E-state index in [4.69, 9.17) is 16.3 Å². The summed E-state index contributed by atoms with van der Waals surface area (Å²) in [6.45, 7) is 3.70. The molecule has 0 spiro atoms. The molecule has 0 bridgehead atoms. The number of carbonyl (C=O) groups is 2. The summed E-state index contributed by atoms with van der Waals surface area (Å²) in [6.07, 6.45) is 1.61. The minimum atomic E-state index is -0.114. The molecule has 1 aliphatic heterocycles. The quantitative estimate of drug-likeness (QED) is 0.571. The number of nitrogens with one attached hydrogen (secondary N) is 2. The first-order valence-corrected chi connectivity index (χ1v) is 11.3. The Kier molecular flexibility index (Phi) is 6.70. The van der Waals surface area contributed by atoms with Crippen molar-refractivity contribution in [3.63, 3.8) is 0 Å². The zero-order valence-electron chi connectivity index (χ0n) is 18.4. The molecule has 1 atom stereocenters. The molecule has 0 radical (unpaired) electrons. The number of likely N-dealkylation sites (tertiary alicyclic amines) is 1. The molecule has 2 amide bonds. The maximum absolute atomic E-state index is 13.0. The molecule has 6 nitrogen and oxygen atoms in total. The molecule has 0 unspecified atom stereocenters. The average molecular weight is 454 g/mol. The second-order valence-electron chi connectivity index (χ2n) is 8.36. The summed E-state index contributed by atoms with van der Waals surface area (Å²) in [5.74, 6) is 0.930. The van der Waals surface area contributed by atoms with Crippen LogP contribution in [0.2, 0.25) is 5.02 Å². The molecule has 0 aliphatic carbocycles. The highest BCUT2D eigenvalue weighted by molar-refractivity contribution is 6.31. The molecule has 0 saturated carbocycles. The van der Waals surface area contributed by atoms with Crippen molar-refractivity contribution in [1.29, 1.82) is 0 Å². The fourth-order valence-corrected chi connectivity index (χ4v) is 4.58. The van der Waals surface area contributed by atoms with Crippen LogP contribution in [-0.2, 0) is 11.3 Å². The Balaban J connectivity index is 1.31. The van der Waals surface area contributed by atoms with Gasteiger partial charge in [0.15, 0.2) is 0 Å². The van der Waals surface area contributed by atoms with Crippen LogP contribution in [0.4, 0.5) is 0 Å². The van der Waals surface area contributed by atoms with E-state index in [2.05, 4.69) is 10.3 Å². The van der Waals surface area contributed by atoms with Gasteiger partial charge in [0.1, 0.15) is 11.4 Å². The third kappa shape index (κ3) is 4.75. The highest BCUT2D eigenvalue weighted by Gasteiger charge is 2.30. The number of fused-ring (bicyclic) bond motifs is 1. The van der Waals surface area contributed by atoms with Gasteiger partial charge in [-0.15, -0.1) is 0 Å². The largest absolute Gasteiger partial charge is 0.496 e. The fourth-order valence-electron chi connectivity index (χ4n) is 4.40. The molecule has 168 valence electrons. The van der Waals surface area contributed by atoms with Crippen molar-refractivity contribution in [1.82, 2.24) is 15.2 Å². The first kappa shape index (κ1) is 22.2. The van der Waals surface area contributed by atoms with Gasteiger partial charge in [0.25, 0.3) is 5.91 Å². The van der Waals surface area contributed by atoms with Crippen LogP contribution in [0.25, 0.3) is 10.9 Å². The van der Waals surface area contributed by atoms with E-state index in [9.17, 15) is 9.59 Å². The Hall–Kier alpha value is -2.99. The third-order valence-electron chi connectivity index (χ3n) is 6.41. The minimum Gasteiger partial charge on any atom is -0.496 e. The number of aromatic nitrogens is 1. The zero-order chi connectivity index (χ0) is 22.7. The van der Waals surface area contributed by atoms with Crippen LogP contribution in [-0.4, -0.2) is 41.9 Å². The molecule has 4 rings (SSSR count). The monoisotopic (exact) mass is 453 g/mol. The number of benzene rings is 2. The number of hydrogen-bond donors (Lipinski definition) is 2.